The molecule has 1 aromatic rings. The average molecular weight is 202 g/mol. The summed E-state index contributed by atoms with van der Waals surface area (Å²) in [6.07, 6.45) is 4.23. The second-order valence-corrected chi connectivity index (χ2v) is 3.80. The molecule has 0 unspecified atom stereocenters. The molecule has 0 bridgehead atoms. The van der Waals surface area contributed by atoms with Gasteiger partial charge in [-0.2, -0.15) is 0 Å². The summed E-state index contributed by atoms with van der Waals surface area (Å²) in [7, 11) is 1.66. The van der Waals surface area contributed by atoms with Gasteiger partial charge in [-0.25, -0.2) is 0 Å². The van der Waals surface area contributed by atoms with Crippen LogP contribution in [-0.2, 0) is 11.2 Å². The van der Waals surface area contributed by atoms with Crippen molar-refractivity contribution in [1.29, 1.82) is 0 Å². The number of ketones is 1. The van der Waals surface area contributed by atoms with Crippen LogP contribution in [0, 0.1) is 0 Å². The Labute approximate surface area is 89.6 Å². The van der Waals surface area contributed by atoms with Crippen molar-refractivity contribution in [3.8, 4) is 5.75 Å². The van der Waals surface area contributed by atoms with Crippen molar-refractivity contribution in [3.05, 3.63) is 41.5 Å². The fourth-order valence-corrected chi connectivity index (χ4v) is 1.84. The van der Waals surface area contributed by atoms with Crippen LogP contribution in [0.2, 0.25) is 0 Å². The summed E-state index contributed by atoms with van der Waals surface area (Å²) in [4.78, 5) is 11.1. The largest absolute Gasteiger partial charge is 0.497 e. The van der Waals surface area contributed by atoms with Gasteiger partial charge in [0.2, 0.25) is 0 Å². The third-order valence-electron chi connectivity index (χ3n) is 2.62. The zero-order valence-electron chi connectivity index (χ0n) is 8.82. The molecular formula is C13H14O2. The van der Waals surface area contributed by atoms with E-state index in [0.29, 0.717) is 6.42 Å². The standard InChI is InChI=1S/C13H14O2/c1-15-13-4-2-3-10(9-13)7-11-5-6-12(14)8-11/h2-4,8-9H,5-7H2,1H3. The normalized spacial score (nSPS) is 15.3. The molecule has 0 N–H and O–H groups in total. The minimum atomic E-state index is 0.257. The highest BCUT2D eigenvalue weighted by atomic mass is 16.5. The Morgan fingerprint density at radius 2 is 2.20 bits per heavy atom. The van der Waals surface area contributed by atoms with E-state index < -0.39 is 0 Å². The molecule has 0 fully saturated rings. The molecule has 15 heavy (non-hydrogen) atoms. The number of allylic oxidation sites excluding steroid dienone is 2. The van der Waals surface area contributed by atoms with Crippen molar-refractivity contribution >= 4 is 5.78 Å². The van der Waals surface area contributed by atoms with E-state index >= 15 is 0 Å². The van der Waals surface area contributed by atoms with Crippen LogP contribution in [0.4, 0.5) is 0 Å². The fourth-order valence-electron chi connectivity index (χ4n) is 1.84. The second kappa shape index (κ2) is 4.30. The Bertz CT molecular complexity index is 405. The SMILES string of the molecule is COc1cccc(CC2=CC(=O)CC2)c1. The minimum Gasteiger partial charge on any atom is -0.497 e. The van der Waals surface area contributed by atoms with Crippen LogP contribution in [0.3, 0.4) is 0 Å². The van der Waals surface area contributed by atoms with Gasteiger partial charge in [-0.05, 0) is 36.6 Å². The molecule has 0 atom stereocenters. The van der Waals surface area contributed by atoms with Gasteiger partial charge in [0, 0.05) is 6.42 Å². The highest BCUT2D eigenvalue weighted by Gasteiger charge is 2.12. The average Bonchev–Trinajstić information content (AvgIpc) is 2.64. The lowest BCUT2D eigenvalue weighted by molar-refractivity contribution is -0.114. The van der Waals surface area contributed by atoms with Gasteiger partial charge in [0.15, 0.2) is 5.78 Å². The van der Waals surface area contributed by atoms with Crippen LogP contribution >= 0.6 is 0 Å². The molecule has 0 spiro atoms. The first kappa shape index (κ1) is 9.97. The maximum atomic E-state index is 11.1. The van der Waals surface area contributed by atoms with E-state index in [1.165, 1.54) is 11.1 Å². The zero-order chi connectivity index (χ0) is 10.7. The predicted octanol–water partition coefficient (Wildman–Crippen LogP) is 2.53. The van der Waals surface area contributed by atoms with Crippen LogP contribution in [0.25, 0.3) is 0 Å². The van der Waals surface area contributed by atoms with E-state index in [1.807, 2.05) is 18.2 Å². The summed E-state index contributed by atoms with van der Waals surface area (Å²) >= 11 is 0. The summed E-state index contributed by atoms with van der Waals surface area (Å²) in [5, 5.41) is 0. The fraction of sp³-hybridized carbons (Fsp3) is 0.308. The third kappa shape index (κ3) is 2.46. The van der Waals surface area contributed by atoms with Crippen molar-refractivity contribution in [2.75, 3.05) is 7.11 Å². The van der Waals surface area contributed by atoms with Crippen LogP contribution in [-0.4, -0.2) is 12.9 Å². The van der Waals surface area contributed by atoms with E-state index in [-0.39, 0.29) is 5.78 Å². The number of hydrogen-bond acceptors (Lipinski definition) is 2. The maximum Gasteiger partial charge on any atom is 0.155 e. The third-order valence-corrected chi connectivity index (χ3v) is 2.62. The van der Waals surface area contributed by atoms with Gasteiger partial charge < -0.3 is 4.74 Å². The van der Waals surface area contributed by atoms with E-state index in [4.69, 9.17) is 4.74 Å². The van der Waals surface area contributed by atoms with Gasteiger partial charge in [-0.3, -0.25) is 4.79 Å². The number of carbonyl (C=O) groups is 1. The maximum absolute atomic E-state index is 11.1. The van der Waals surface area contributed by atoms with Gasteiger partial charge in [0.25, 0.3) is 0 Å². The highest BCUT2D eigenvalue weighted by molar-refractivity contribution is 5.93. The Kier molecular flexibility index (Phi) is 2.86. The molecule has 2 nitrogen and oxygen atoms in total. The smallest absolute Gasteiger partial charge is 0.155 e. The Hall–Kier alpha value is -1.57. The van der Waals surface area contributed by atoms with Gasteiger partial charge in [0.05, 0.1) is 7.11 Å². The molecule has 1 aromatic carbocycles. The molecule has 0 saturated heterocycles. The molecular weight excluding hydrogens is 188 g/mol. The van der Waals surface area contributed by atoms with Crippen molar-refractivity contribution in [1.82, 2.24) is 0 Å². The molecule has 0 aromatic heterocycles. The number of methoxy groups -OCH3 is 1. The van der Waals surface area contributed by atoms with Crippen LogP contribution in [0.1, 0.15) is 18.4 Å². The number of benzene rings is 1. The van der Waals surface area contributed by atoms with E-state index in [9.17, 15) is 4.79 Å². The lowest BCUT2D eigenvalue weighted by atomic mass is 10.0. The Balaban J connectivity index is 2.10. The van der Waals surface area contributed by atoms with Crippen molar-refractivity contribution in [3.63, 3.8) is 0 Å². The molecule has 1 aliphatic rings. The highest BCUT2D eigenvalue weighted by Crippen LogP contribution is 2.21. The Morgan fingerprint density at radius 1 is 1.33 bits per heavy atom. The van der Waals surface area contributed by atoms with E-state index in [0.717, 1.165) is 18.6 Å². The molecule has 0 amide bonds. The summed E-state index contributed by atoms with van der Waals surface area (Å²) in [6, 6.07) is 7.99. The first-order chi connectivity index (χ1) is 7.28. The topological polar surface area (TPSA) is 26.3 Å². The summed E-state index contributed by atoms with van der Waals surface area (Å²) in [6.45, 7) is 0. The number of rotatable bonds is 3. The molecule has 2 rings (SSSR count). The van der Waals surface area contributed by atoms with Crippen molar-refractivity contribution < 1.29 is 9.53 Å². The number of carbonyl (C=O) groups excluding carboxylic acids is 1. The number of hydrogen-bond donors (Lipinski definition) is 0. The zero-order valence-corrected chi connectivity index (χ0v) is 8.82. The molecule has 0 radical (unpaired) electrons. The minimum absolute atomic E-state index is 0.257. The van der Waals surface area contributed by atoms with E-state index in [1.54, 1.807) is 13.2 Å². The van der Waals surface area contributed by atoms with Crippen molar-refractivity contribution in [2.24, 2.45) is 0 Å². The summed E-state index contributed by atoms with van der Waals surface area (Å²) < 4.78 is 5.15. The van der Waals surface area contributed by atoms with Gasteiger partial charge in [-0.15, -0.1) is 0 Å². The van der Waals surface area contributed by atoms with Crippen LogP contribution in [0.5, 0.6) is 5.75 Å². The lowest BCUT2D eigenvalue weighted by Crippen LogP contribution is -1.89. The Morgan fingerprint density at radius 3 is 2.87 bits per heavy atom. The molecule has 0 heterocycles. The number of ether oxygens (including phenoxy) is 1. The first-order valence-electron chi connectivity index (χ1n) is 5.13. The molecule has 2 heteroatoms. The second-order valence-electron chi connectivity index (χ2n) is 3.80. The quantitative estimate of drug-likeness (QED) is 0.752. The predicted molar refractivity (Wildman–Crippen MR) is 59.0 cm³/mol. The summed E-state index contributed by atoms with van der Waals surface area (Å²) in [5.41, 5.74) is 2.43. The van der Waals surface area contributed by atoms with Gasteiger partial charge in [0.1, 0.15) is 5.75 Å². The molecule has 78 valence electrons. The summed E-state index contributed by atoms with van der Waals surface area (Å²) in [5.74, 6) is 1.13. The van der Waals surface area contributed by atoms with Crippen molar-refractivity contribution in [2.45, 2.75) is 19.3 Å². The van der Waals surface area contributed by atoms with Crippen LogP contribution in [0.15, 0.2) is 35.9 Å². The monoisotopic (exact) mass is 202 g/mol. The van der Waals surface area contributed by atoms with Crippen LogP contribution < -0.4 is 4.74 Å². The molecule has 1 aliphatic carbocycles. The van der Waals surface area contributed by atoms with Gasteiger partial charge >= 0.3 is 0 Å². The van der Waals surface area contributed by atoms with E-state index in [2.05, 4.69) is 6.07 Å². The first-order valence-corrected chi connectivity index (χ1v) is 5.13. The molecule has 0 aliphatic heterocycles. The molecule has 0 saturated carbocycles. The van der Waals surface area contributed by atoms with Gasteiger partial charge in [-0.1, -0.05) is 17.7 Å². The lowest BCUT2D eigenvalue weighted by Gasteiger charge is -2.04.